The van der Waals surface area contributed by atoms with Gasteiger partial charge in [-0.2, -0.15) is 0 Å². The summed E-state index contributed by atoms with van der Waals surface area (Å²) in [6.45, 7) is -0.216. The van der Waals surface area contributed by atoms with Gasteiger partial charge < -0.3 is 4.90 Å². The van der Waals surface area contributed by atoms with Crippen LogP contribution in [-0.4, -0.2) is 40.3 Å². The van der Waals surface area contributed by atoms with E-state index in [2.05, 4.69) is 31.2 Å². The summed E-state index contributed by atoms with van der Waals surface area (Å²) in [7, 11) is 1.49. The average Bonchev–Trinajstić information content (AvgIpc) is 3.43. The largest absolute Gasteiger partial charge is 0.332 e. The Bertz CT molecular complexity index is 859. The van der Waals surface area contributed by atoms with Crippen LogP contribution in [0.3, 0.4) is 0 Å². The van der Waals surface area contributed by atoms with Crippen LogP contribution in [0.2, 0.25) is 5.02 Å². The molecule has 2 amide bonds. The number of benzene rings is 1. The predicted molar refractivity (Wildman–Crippen MR) is 98.7 cm³/mol. The van der Waals surface area contributed by atoms with E-state index in [-0.39, 0.29) is 24.0 Å². The lowest BCUT2D eigenvalue weighted by Crippen LogP contribution is -2.35. The maximum Gasteiger partial charge on any atom is 0.254 e. The third kappa shape index (κ3) is 4.19. The third-order valence-electron chi connectivity index (χ3n) is 3.95. The number of hydrogen-bond acceptors (Lipinski definition) is 4. The molecule has 3 rings (SSSR count). The van der Waals surface area contributed by atoms with E-state index in [0.29, 0.717) is 15.1 Å². The average molecular weight is 442 g/mol. The van der Waals surface area contributed by atoms with Gasteiger partial charge in [-0.3, -0.25) is 14.9 Å². The zero-order valence-electron chi connectivity index (χ0n) is 13.8. The van der Waals surface area contributed by atoms with Gasteiger partial charge >= 0.3 is 0 Å². The van der Waals surface area contributed by atoms with Gasteiger partial charge in [-0.15, -0.1) is 0 Å². The molecule has 6 nitrogen and oxygen atoms in total. The van der Waals surface area contributed by atoms with Crippen LogP contribution in [-0.2, 0) is 4.79 Å². The van der Waals surface area contributed by atoms with Gasteiger partial charge in [0.05, 0.1) is 28.4 Å². The summed E-state index contributed by atoms with van der Waals surface area (Å²) in [6.07, 6.45) is 4.41. The fraction of sp³-hybridized carbons (Fsp3) is 0.294. The molecule has 0 radical (unpaired) electrons. The van der Waals surface area contributed by atoms with Crippen molar-refractivity contribution in [2.45, 2.75) is 18.8 Å². The van der Waals surface area contributed by atoms with Gasteiger partial charge in [0.2, 0.25) is 11.9 Å². The molecule has 1 aromatic carbocycles. The molecule has 1 aliphatic rings. The minimum absolute atomic E-state index is 0.0520. The summed E-state index contributed by atoms with van der Waals surface area (Å²) in [4.78, 5) is 33.8. The Hall–Kier alpha value is -2.06. The SMILES string of the molecule is CN(CC(=O)Nc1ncc(Cl)cn1)C(=O)c1ccc(Br)c(F)c1C1CC1. The zero-order chi connectivity index (χ0) is 18.8. The van der Waals surface area contributed by atoms with Crippen LogP contribution in [0.1, 0.15) is 34.7 Å². The summed E-state index contributed by atoms with van der Waals surface area (Å²) < 4.78 is 14.8. The molecule has 1 aromatic heterocycles. The van der Waals surface area contributed by atoms with E-state index in [4.69, 9.17) is 11.6 Å². The van der Waals surface area contributed by atoms with Crippen molar-refractivity contribution in [3.05, 3.63) is 51.0 Å². The summed E-state index contributed by atoms with van der Waals surface area (Å²) in [5, 5.41) is 2.83. The first kappa shape index (κ1) is 18.7. The zero-order valence-corrected chi connectivity index (χ0v) is 16.1. The maximum atomic E-state index is 14.4. The predicted octanol–water partition coefficient (Wildman–Crippen LogP) is 3.62. The normalized spacial score (nSPS) is 13.4. The van der Waals surface area contributed by atoms with E-state index in [1.54, 1.807) is 6.07 Å². The van der Waals surface area contributed by atoms with Crippen molar-refractivity contribution in [1.29, 1.82) is 0 Å². The smallest absolute Gasteiger partial charge is 0.254 e. The van der Waals surface area contributed by atoms with Gasteiger partial charge in [-0.1, -0.05) is 11.6 Å². The highest BCUT2D eigenvalue weighted by atomic mass is 79.9. The van der Waals surface area contributed by atoms with E-state index in [1.165, 1.54) is 30.4 Å². The number of amides is 2. The van der Waals surface area contributed by atoms with Crippen LogP contribution in [0.15, 0.2) is 29.0 Å². The van der Waals surface area contributed by atoms with Crippen molar-refractivity contribution in [3.8, 4) is 0 Å². The quantitative estimate of drug-likeness (QED) is 0.769. The van der Waals surface area contributed by atoms with E-state index in [0.717, 1.165) is 12.8 Å². The molecule has 0 bridgehead atoms. The Morgan fingerprint density at radius 3 is 2.62 bits per heavy atom. The first-order chi connectivity index (χ1) is 12.4. The Balaban J connectivity index is 1.71. The van der Waals surface area contributed by atoms with Crippen LogP contribution in [0.5, 0.6) is 0 Å². The van der Waals surface area contributed by atoms with Crippen molar-refractivity contribution < 1.29 is 14.0 Å². The number of likely N-dealkylation sites (N-methyl/N-ethyl adjacent to an activating group) is 1. The molecule has 1 N–H and O–H groups in total. The lowest BCUT2D eigenvalue weighted by molar-refractivity contribution is -0.116. The second-order valence-corrected chi connectivity index (χ2v) is 7.32. The van der Waals surface area contributed by atoms with Crippen molar-refractivity contribution in [2.24, 2.45) is 0 Å². The second kappa shape index (κ2) is 7.67. The number of carbonyl (C=O) groups excluding carboxylic acids is 2. The fourth-order valence-electron chi connectivity index (χ4n) is 2.56. The van der Waals surface area contributed by atoms with Crippen LogP contribution < -0.4 is 5.32 Å². The van der Waals surface area contributed by atoms with Gasteiger partial charge in [0.1, 0.15) is 5.82 Å². The van der Waals surface area contributed by atoms with E-state index >= 15 is 0 Å². The molecule has 1 saturated carbocycles. The van der Waals surface area contributed by atoms with Crippen LogP contribution in [0.4, 0.5) is 10.3 Å². The van der Waals surface area contributed by atoms with E-state index in [9.17, 15) is 14.0 Å². The van der Waals surface area contributed by atoms with Gasteiger partial charge in [0, 0.05) is 18.2 Å². The molecule has 0 unspecified atom stereocenters. The first-order valence-corrected chi connectivity index (χ1v) is 9.04. The summed E-state index contributed by atoms with van der Waals surface area (Å²) in [6, 6.07) is 3.09. The summed E-state index contributed by atoms with van der Waals surface area (Å²) >= 11 is 8.84. The maximum absolute atomic E-state index is 14.4. The van der Waals surface area contributed by atoms with Crippen LogP contribution in [0, 0.1) is 5.82 Å². The highest BCUT2D eigenvalue weighted by Gasteiger charge is 2.33. The molecule has 0 atom stereocenters. The molecule has 26 heavy (non-hydrogen) atoms. The number of carbonyl (C=O) groups is 2. The Kier molecular flexibility index (Phi) is 5.52. The molecular weight excluding hydrogens is 427 g/mol. The highest BCUT2D eigenvalue weighted by molar-refractivity contribution is 9.10. The monoisotopic (exact) mass is 440 g/mol. The minimum Gasteiger partial charge on any atom is -0.332 e. The molecule has 2 aromatic rings. The third-order valence-corrected chi connectivity index (χ3v) is 4.76. The fourth-order valence-corrected chi connectivity index (χ4v) is 3.00. The topological polar surface area (TPSA) is 75.2 Å². The van der Waals surface area contributed by atoms with Crippen LogP contribution >= 0.6 is 27.5 Å². The summed E-state index contributed by atoms with van der Waals surface area (Å²) in [5.41, 5.74) is 0.698. The van der Waals surface area contributed by atoms with Gasteiger partial charge in [-0.05, 0) is 46.8 Å². The van der Waals surface area contributed by atoms with Crippen molar-refractivity contribution >= 4 is 45.3 Å². The number of nitrogens with zero attached hydrogens (tertiary/aromatic N) is 3. The van der Waals surface area contributed by atoms with Crippen molar-refractivity contribution in [3.63, 3.8) is 0 Å². The van der Waals surface area contributed by atoms with Gasteiger partial charge in [0.25, 0.3) is 5.91 Å². The number of halogens is 3. The van der Waals surface area contributed by atoms with E-state index in [1.807, 2.05) is 0 Å². The van der Waals surface area contributed by atoms with Crippen molar-refractivity contribution in [2.75, 3.05) is 18.9 Å². The molecular formula is C17H15BrClFN4O2. The minimum atomic E-state index is -0.464. The molecule has 1 fully saturated rings. The van der Waals surface area contributed by atoms with E-state index < -0.39 is 17.6 Å². The Morgan fingerprint density at radius 1 is 1.35 bits per heavy atom. The number of hydrogen-bond donors (Lipinski definition) is 1. The lowest BCUT2D eigenvalue weighted by atomic mass is 10.0. The number of rotatable bonds is 5. The first-order valence-electron chi connectivity index (χ1n) is 7.87. The number of anilines is 1. The highest BCUT2D eigenvalue weighted by Crippen LogP contribution is 2.44. The number of nitrogens with one attached hydrogen (secondary N) is 1. The molecule has 1 aliphatic carbocycles. The molecule has 0 saturated heterocycles. The molecule has 1 heterocycles. The van der Waals surface area contributed by atoms with Gasteiger partial charge in [-0.25, -0.2) is 14.4 Å². The lowest BCUT2D eigenvalue weighted by Gasteiger charge is -2.19. The molecule has 136 valence electrons. The number of aromatic nitrogens is 2. The molecule has 0 spiro atoms. The standard InChI is InChI=1S/C17H15BrClFN4O2/c1-24(8-13(25)23-17-21-6-10(19)7-22-17)16(26)11-4-5-12(18)15(20)14(11)9-2-3-9/h4-7,9H,2-3,8H2,1H3,(H,21,22,23,25). The molecule has 0 aliphatic heterocycles. The van der Waals surface area contributed by atoms with Crippen molar-refractivity contribution in [1.82, 2.24) is 14.9 Å². The van der Waals surface area contributed by atoms with Crippen LogP contribution in [0.25, 0.3) is 0 Å². The molecule has 9 heteroatoms. The summed E-state index contributed by atoms with van der Waals surface area (Å²) in [5.74, 6) is -1.14. The Labute approximate surface area is 162 Å². The van der Waals surface area contributed by atoms with Gasteiger partial charge in [0.15, 0.2) is 0 Å². The Morgan fingerprint density at radius 2 is 2.00 bits per heavy atom. The second-order valence-electron chi connectivity index (χ2n) is 6.03.